The molecule has 1 aliphatic rings. The van der Waals surface area contributed by atoms with Crippen molar-refractivity contribution in [1.29, 1.82) is 0 Å². The van der Waals surface area contributed by atoms with Crippen molar-refractivity contribution in [3.05, 3.63) is 83.3 Å². The molecule has 0 N–H and O–H groups in total. The number of benzene rings is 1. The Kier molecular flexibility index (Phi) is 5.97. The molecule has 0 bridgehead atoms. The number of hydrogen-bond acceptors (Lipinski definition) is 7. The molecule has 0 amide bonds. The quantitative estimate of drug-likeness (QED) is 0.500. The van der Waals surface area contributed by atoms with E-state index in [0.29, 0.717) is 36.6 Å². The van der Waals surface area contributed by atoms with Crippen LogP contribution < -0.4 is 19.6 Å². The smallest absolute Gasteiger partial charge is 0.338 e. The first-order valence-electron chi connectivity index (χ1n) is 9.51. The summed E-state index contributed by atoms with van der Waals surface area (Å²) in [6.45, 7) is 3.71. The summed E-state index contributed by atoms with van der Waals surface area (Å²) < 4.78 is 18.7. The van der Waals surface area contributed by atoms with Gasteiger partial charge in [-0.2, -0.15) is 0 Å². The summed E-state index contributed by atoms with van der Waals surface area (Å²) in [4.78, 5) is 31.3. The van der Waals surface area contributed by atoms with E-state index in [-0.39, 0.29) is 12.2 Å². The van der Waals surface area contributed by atoms with Crippen LogP contribution in [0.2, 0.25) is 0 Å². The maximum Gasteiger partial charge on any atom is 0.338 e. The molecule has 7 nitrogen and oxygen atoms in total. The first-order chi connectivity index (χ1) is 14.9. The van der Waals surface area contributed by atoms with E-state index < -0.39 is 12.0 Å². The molecule has 4 rings (SSSR count). The number of nitrogens with zero attached hydrogens (tertiary/aromatic N) is 2. The first-order valence-corrected chi connectivity index (χ1v) is 11.1. The van der Waals surface area contributed by atoms with Crippen LogP contribution in [0.25, 0.3) is 6.08 Å². The van der Waals surface area contributed by atoms with Crippen molar-refractivity contribution in [3.8, 4) is 5.75 Å². The van der Waals surface area contributed by atoms with Crippen molar-refractivity contribution >= 4 is 39.3 Å². The molecule has 0 saturated carbocycles. The summed E-state index contributed by atoms with van der Waals surface area (Å²) in [5.41, 5.74) is 1.32. The number of thiazole rings is 1. The molecule has 160 valence electrons. The number of carbonyl (C=O) groups is 1. The Morgan fingerprint density at radius 3 is 2.84 bits per heavy atom. The van der Waals surface area contributed by atoms with Crippen LogP contribution in [0.3, 0.4) is 0 Å². The van der Waals surface area contributed by atoms with Gasteiger partial charge in [-0.05, 0) is 59.6 Å². The summed E-state index contributed by atoms with van der Waals surface area (Å²) in [5.74, 6) is 0.712. The molecule has 1 atom stereocenters. The van der Waals surface area contributed by atoms with Gasteiger partial charge in [-0.1, -0.05) is 17.4 Å². The van der Waals surface area contributed by atoms with Gasteiger partial charge < -0.3 is 13.9 Å². The fraction of sp³-hybridized carbons (Fsp3) is 0.227. The summed E-state index contributed by atoms with van der Waals surface area (Å²) in [6.07, 6.45) is 3.22. The van der Waals surface area contributed by atoms with Crippen molar-refractivity contribution in [2.24, 2.45) is 4.99 Å². The Hall–Kier alpha value is -2.91. The molecule has 31 heavy (non-hydrogen) atoms. The number of allylic oxidation sites excluding steroid dienone is 1. The summed E-state index contributed by atoms with van der Waals surface area (Å²) in [7, 11) is 1.57. The van der Waals surface area contributed by atoms with Crippen molar-refractivity contribution in [2.75, 3.05) is 13.7 Å². The zero-order valence-electron chi connectivity index (χ0n) is 17.0. The molecule has 0 aliphatic carbocycles. The highest BCUT2D eigenvalue weighted by Gasteiger charge is 2.33. The molecule has 1 aliphatic heterocycles. The highest BCUT2D eigenvalue weighted by Crippen LogP contribution is 2.34. The molecule has 9 heteroatoms. The summed E-state index contributed by atoms with van der Waals surface area (Å²) >= 11 is 4.74. The average Bonchev–Trinajstić information content (AvgIpc) is 3.35. The number of fused-ring (bicyclic) bond motifs is 1. The van der Waals surface area contributed by atoms with Gasteiger partial charge in [0.1, 0.15) is 11.5 Å². The lowest BCUT2D eigenvalue weighted by Crippen LogP contribution is -2.39. The summed E-state index contributed by atoms with van der Waals surface area (Å²) in [6, 6.07) is 8.29. The molecule has 0 unspecified atom stereocenters. The zero-order valence-corrected chi connectivity index (χ0v) is 19.5. The fourth-order valence-corrected chi connectivity index (χ4v) is 5.05. The van der Waals surface area contributed by atoms with Crippen LogP contribution in [0.5, 0.6) is 5.75 Å². The van der Waals surface area contributed by atoms with E-state index in [1.54, 1.807) is 51.5 Å². The van der Waals surface area contributed by atoms with Crippen LogP contribution in [-0.2, 0) is 9.53 Å². The van der Waals surface area contributed by atoms with E-state index in [4.69, 9.17) is 13.9 Å². The minimum absolute atomic E-state index is 0.220. The molecular weight excluding hydrogens is 484 g/mol. The van der Waals surface area contributed by atoms with Gasteiger partial charge in [0.2, 0.25) is 0 Å². The monoisotopic (exact) mass is 502 g/mol. The highest BCUT2D eigenvalue weighted by molar-refractivity contribution is 9.10. The molecule has 0 fully saturated rings. The highest BCUT2D eigenvalue weighted by atomic mass is 79.9. The largest absolute Gasteiger partial charge is 0.496 e. The van der Waals surface area contributed by atoms with Crippen LogP contribution >= 0.6 is 27.3 Å². The van der Waals surface area contributed by atoms with E-state index >= 15 is 0 Å². The molecule has 1 aromatic carbocycles. The van der Waals surface area contributed by atoms with E-state index in [0.717, 1.165) is 5.56 Å². The minimum Gasteiger partial charge on any atom is -0.496 e. The number of methoxy groups -OCH3 is 1. The zero-order chi connectivity index (χ0) is 22.1. The van der Waals surface area contributed by atoms with Crippen LogP contribution in [0.1, 0.15) is 31.2 Å². The number of esters is 1. The number of aromatic nitrogens is 1. The third-order valence-corrected chi connectivity index (χ3v) is 6.43. The maximum absolute atomic E-state index is 13.4. The lowest BCUT2D eigenvalue weighted by Gasteiger charge is -2.25. The second-order valence-electron chi connectivity index (χ2n) is 6.71. The molecule has 3 heterocycles. The Morgan fingerprint density at radius 1 is 1.39 bits per heavy atom. The number of rotatable bonds is 5. The Labute approximate surface area is 190 Å². The molecule has 3 aromatic rings. The maximum atomic E-state index is 13.4. The van der Waals surface area contributed by atoms with Gasteiger partial charge >= 0.3 is 5.97 Å². The van der Waals surface area contributed by atoms with E-state index in [1.165, 1.54) is 15.9 Å². The standard InChI is InChI=1S/C22H19BrN2O5S/c1-4-29-21(27)18-12(2)24-22-25(19(18)13-7-8-16(28-3)15(23)10-13)20(26)17(31-22)11-14-6-5-9-30-14/h5-11,19H,4H2,1-3H3/b17-11-/t19-/m0/s1. The number of hydrogen-bond donors (Lipinski definition) is 0. The van der Waals surface area contributed by atoms with Crippen LogP contribution in [0, 0.1) is 0 Å². The fourth-order valence-electron chi connectivity index (χ4n) is 3.46. The Bertz CT molecular complexity index is 1350. The Balaban J connectivity index is 1.97. The lowest BCUT2D eigenvalue weighted by molar-refractivity contribution is -0.139. The summed E-state index contributed by atoms with van der Waals surface area (Å²) in [5, 5.41) is 0. The molecule has 0 saturated heterocycles. The van der Waals surface area contributed by atoms with E-state index in [1.807, 2.05) is 12.1 Å². The predicted molar refractivity (Wildman–Crippen MR) is 120 cm³/mol. The Morgan fingerprint density at radius 2 is 2.19 bits per heavy atom. The predicted octanol–water partition coefficient (Wildman–Crippen LogP) is 3.16. The SMILES string of the molecule is CCOC(=O)C1=C(C)N=c2s/c(=C\c3ccco3)c(=O)n2[C@H]1c1ccc(OC)c(Br)c1. The number of halogens is 1. The molecule has 0 radical (unpaired) electrons. The van der Waals surface area contributed by atoms with E-state index in [2.05, 4.69) is 20.9 Å². The van der Waals surface area contributed by atoms with Crippen LogP contribution in [-0.4, -0.2) is 24.3 Å². The molecular formula is C22H19BrN2O5S. The van der Waals surface area contributed by atoms with Crippen LogP contribution in [0.15, 0.2) is 66.5 Å². The third-order valence-electron chi connectivity index (χ3n) is 4.83. The molecule has 0 spiro atoms. The van der Waals surface area contributed by atoms with Crippen molar-refractivity contribution in [1.82, 2.24) is 4.57 Å². The van der Waals surface area contributed by atoms with Gasteiger partial charge in [-0.3, -0.25) is 9.36 Å². The van der Waals surface area contributed by atoms with Gasteiger partial charge in [-0.25, -0.2) is 9.79 Å². The number of ether oxygens (including phenoxy) is 2. The second-order valence-corrected chi connectivity index (χ2v) is 8.58. The van der Waals surface area contributed by atoms with Crippen LogP contribution in [0.4, 0.5) is 0 Å². The van der Waals surface area contributed by atoms with Gasteiger partial charge in [0, 0.05) is 6.08 Å². The number of furan rings is 1. The van der Waals surface area contributed by atoms with Crippen molar-refractivity contribution in [2.45, 2.75) is 19.9 Å². The van der Waals surface area contributed by atoms with Crippen molar-refractivity contribution in [3.63, 3.8) is 0 Å². The third kappa shape index (κ3) is 3.90. The molecule has 2 aromatic heterocycles. The van der Waals surface area contributed by atoms with Gasteiger partial charge in [0.05, 0.1) is 46.3 Å². The normalized spacial score (nSPS) is 16.1. The minimum atomic E-state index is -0.684. The van der Waals surface area contributed by atoms with Gasteiger partial charge in [0.15, 0.2) is 4.80 Å². The topological polar surface area (TPSA) is 83.0 Å². The average molecular weight is 503 g/mol. The van der Waals surface area contributed by atoms with Gasteiger partial charge in [-0.15, -0.1) is 0 Å². The number of carbonyl (C=O) groups excluding carboxylic acids is 1. The van der Waals surface area contributed by atoms with Crippen molar-refractivity contribution < 1.29 is 18.7 Å². The second kappa shape index (κ2) is 8.68. The van der Waals surface area contributed by atoms with E-state index in [9.17, 15) is 9.59 Å². The van der Waals surface area contributed by atoms with Gasteiger partial charge in [0.25, 0.3) is 5.56 Å². The first kappa shape index (κ1) is 21.3. The lowest BCUT2D eigenvalue weighted by atomic mass is 9.96.